The van der Waals surface area contributed by atoms with Crippen LogP contribution in [0.4, 0.5) is 10.5 Å². The lowest BCUT2D eigenvalue weighted by molar-refractivity contribution is 0.251. The summed E-state index contributed by atoms with van der Waals surface area (Å²) in [5.41, 5.74) is 1.30. The Morgan fingerprint density at radius 3 is 2.31 bits per heavy atom. The van der Waals surface area contributed by atoms with E-state index in [2.05, 4.69) is 10.6 Å². The second kappa shape index (κ2) is 7.69. The van der Waals surface area contributed by atoms with Crippen LogP contribution in [-0.2, 0) is 6.54 Å². The summed E-state index contributed by atoms with van der Waals surface area (Å²) in [4.78, 5) is 12.2. The first-order valence-corrected chi connectivity index (χ1v) is 7.97. The molecule has 0 fully saturated rings. The third-order valence-corrected chi connectivity index (χ3v) is 3.82. The molecular weight excluding hydrogens is 336 g/mol. The molecule has 7 heteroatoms. The Bertz CT molecular complexity index is 861. The third kappa shape index (κ3) is 3.66. The number of urea groups is 1. The molecule has 26 heavy (non-hydrogen) atoms. The Balaban J connectivity index is 1.67. The number of rotatable bonds is 6. The Kier molecular flexibility index (Phi) is 5.17. The Morgan fingerprint density at radius 2 is 1.69 bits per heavy atom. The number of carbonyl (C=O) groups excluding carboxylic acids is 1. The van der Waals surface area contributed by atoms with Crippen LogP contribution in [0.25, 0.3) is 11.0 Å². The van der Waals surface area contributed by atoms with Crippen molar-refractivity contribution in [2.24, 2.45) is 0 Å². The van der Waals surface area contributed by atoms with Crippen molar-refractivity contribution < 1.29 is 23.4 Å². The summed E-state index contributed by atoms with van der Waals surface area (Å²) >= 11 is 0. The van der Waals surface area contributed by atoms with Gasteiger partial charge in [-0.1, -0.05) is 18.2 Å². The van der Waals surface area contributed by atoms with Crippen molar-refractivity contribution in [1.82, 2.24) is 5.32 Å². The van der Waals surface area contributed by atoms with Crippen molar-refractivity contribution >= 4 is 22.7 Å². The number of anilines is 1. The smallest absolute Gasteiger partial charge is 0.319 e. The molecule has 2 N–H and O–H groups in total. The molecule has 0 saturated heterocycles. The van der Waals surface area contributed by atoms with E-state index in [1.165, 1.54) is 21.3 Å². The lowest BCUT2D eigenvalue weighted by atomic mass is 10.2. The van der Waals surface area contributed by atoms with Crippen LogP contribution in [0, 0.1) is 0 Å². The maximum atomic E-state index is 12.2. The van der Waals surface area contributed by atoms with Gasteiger partial charge in [-0.15, -0.1) is 0 Å². The van der Waals surface area contributed by atoms with Gasteiger partial charge in [-0.2, -0.15) is 0 Å². The highest BCUT2D eigenvalue weighted by molar-refractivity contribution is 5.90. The number of methoxy groups -OCH3 is 3. The van der Waals surface area contributed by atoms with Crippen molar-refractivity contribution in [3.63, 3.8) is 0 Å². The van der Waals surface area contributed by atoms with Gasteiger partial charge >= 0.3 is 6.03 Å². The van der Waals surface area contributed by atoms with Gasteiger partial charge in [0, 0.05) is 17.5 Å². The summed E-state index contributed by atoms with van der Waals surface area (Å²) in [5.74, 6) is 2.05. The van der Waals surface area contributed by atoms with E-state index < -0.39 is 0 Å². The van der Waals surface area contributed by atoms with Crippen molar-refractivity contribution in [1.29, 1.82) is 0 Å². The number of fused-ring (bicyclic) bond motifs is 1. The zero-order valence-electron chi connectivity index (χ0n) is 14.8. The number of hydrogen-bond donors (Lipinski definition) is 2. The van der Waals surface area contributed by atoms with E-state index in [0.29, 0.717) is 28.7 Å². The molecule has 0 aliphatic heterocycles. The van der Waals surface area contributed by atoms with Crippen LogP contribution in [0.2, 0.25) is 0 Å². The van der Waals surface area contributed by atoms with Crippen LogP contribution < -0.4 is 24.8 Å². The molecule has 1 heterocycles. The summed E-state index contributed by atoms with van der Waals surface area (Å²) in [6.07, 6.45) is 0. The molecule has 2 amide bonds. The second-order valence-corrected chi connectivity index (χ2v) is 5.47. The minimum atomic E-state index is -0.375. The van der Waals surface area contributed by atoms with Gasteiger partial charge in [0.2, 0.25) is 5.75 Å². The predicted molar refractivity (Wildman–Crippen MR) is 98.2 cm³/mol. The predicted octanol–water partition coefficient (Wildman–Crippen LogP) is 3.78. The normalized spacial score (nSPS) is 10.4. The number of amides is 2. The first kappa shape index (κ1) is 17.5. The third-order valence-electron chi connectivity index (χ3n) is 3.82. The van der Waals surface area contributed by atoms with E-state index in [1.807, 2.05) is 30.3 Å². The molecule has 3 rings (SSSR count). The Labute approximate surface area is 150 Å². The summed E-state index contributed by atoms with van der Waals surface area (Å²) in [6.45, 7) is 0.269. The van der Waals surface area contributed by atoms with Gasteiger partial charge in [0.15, 0.2) is 11.5 Å². The number of hydrogen-bond acceptors (Lipinski definition) is 5. The van der Waals surface area contributed by atoms with Crippen molar-refractivity contribution in [2.75, 3.05) is 26.6 Å². The largest absolute Gasteiger partial charge is 0.493 e. The Hall–Kier alpha value is -3.35. The fraction of sp³-hybridized carbons (Fsp3) is 0.211. The lowest BCUT2D eigenvalue weighted by Crippen LogP contribution is -2.28. The summed E-state index contributed by atoms with van der Waals surface area (Å²) in [5, 5.41) is 6.49. The van der Waals surface area contributed by atoms with Crippen LogP contribution in [0.5, 0.6) is 17.2 Å². The van der Waals surface area contributed by atoms with Gasteiger partial charge in [0.25, 0.3) is 0 Å². The zero-order chi connectivity index (χ0) is 18.5. The lowest BCUT2D eigenvalue weighted by Gasteiger charge is -2.14. The number of nitrogens with one attached hydrogen (secondary N) is 2. The molecule has 0 atom stereocenters. The van der Waals surface area contributed by atoms with Crippen LogP contribution >= 0.6 is 0 Å². The van der Waals surface area contributed by atoms with Crippen LogP contribution in [0.15, 0.2) is 46.9 Å². The van der Waals surface area contributed by atoms with E-state index >= 15 is 0 Å². The number of ether oxygens (including phenoxy) is 3. The molecular formula is C19H20N2O5. The Morgan fingerprint density at radius 1 is 1.00 bits per heavy atom. The van der Waals surface area contributed by atoms with Crippen molar-refractivity contribution in [3.05, 3.63) is 48.2 Å². The first-order valence-electron chi connectivity index (χ1n) is 7.97. The minimum absolute atomic E-state index is 0.269. The number of benzene rings is 2. The maximum Gasteiger partial charge on any atom is 0.319 e. The van der Waals surface area contributed by atoms with Gasteiger partial charge < -0.3 is 29.3 Å². The van der Waals surface area contributed by atoms with E-state index in [-0.39, 0.29) is 12.6 Å². The molecule has 7 nitrogen and oxygen atoms in total. The number of furan rings is 1. The minimum Gasteiger partial charge on any atom is -0.493 e. The maximum absolute atomic E-state index is 12.2. The highest BCUT2D eigenvalue weighted by atomic mass is 16.5. The molecule has 0 saturated carbocycles. The molecule has 0 unspecified atom stereocenters. The fourth-order valence-corrected chi connectivity index (χ4v) is 2.62. The fourth-order valence-electron chi connectivity index (χ4n) is 2.62. The SMILES string of the molecule is COc1cc(NC(=O)NCc2cc3ccccc3o2)cc(OC)c1OC. The van der Waals surface area contributed by atoms with Crippen LogP contribution in [0.3, 0.4) is 0 Å². The van der Waals surface area contributed by atoms with Gasteiger partial charge in [0.1, 0.15) is 11.3 Å². The monoisotopic (exact) mass is 356 g/mol. The van der Waals surface area contributed by atoms with Gasteiger partial charge in [0.05, 0.1) is 33.6 Å². The molecule has 0 aliphatic carbocycles. The van der Waals surface area contributed by atoms with E-state index in [0.717, 1.165) is 11.0 Å². The highest BCUT2D eigenvalue weighted by Gasteiger charge is 2.14. The van der Waals surface area contributed by atoms with E-state index in [1.54, 1.807) is 12.1 Å². The molecule has 0 aliphatic rings. The number of para-hydroxylation sites is 1. The molecule has 2 aromatic carbocycles. The van der Waals surface area contributed by atoms with Crippen molar-refractivity contribution in [3.8, 4) is 17.2 Å². The topological polar surface area (TPSA) is 82.0 Å². The quantitative estimate of drug-likeness (QED) is 0.702. The van der Waals surface area contributed by atoms with Gasteiger partial charge in [-0.3, -0.25) is 0 Å². The van der Waals surface area contributed by atoms with Crippen molar-refractivity contribution in [2.45, 2.75) is 6.54 Å². The molecule has 3 aromatic rings. The average Bonchev–Trinajstić information content (AvgIpc) is 3.08. The molecule has 1 aromatic heterocycles. The van der Waals surface area contributed by atoms with Gasteiger partial charge in [-0.25, -0.2) is 4.79 Å². The molecule has 0 bridgehead atoms. The summed E-state index contributed by atoms with van der Waals surface area (Å²) in [7, 11) is 4.55. The average molecular weight is 356 g/mol. The first-order chi connectivity index (χ1) is 12.6. The van der Waals surface area contributed by atoms with Crippen LogP contribution in [-0.4, -0.2) is 27.4 Å². The summed E-state index contributed by atoms with van der Waals surface area (Å²) < 4.78 is 21.5. The van der Waals surface area contributed by atoms with Crippen LogP contribution in [0.1, 0.15) is 5.76 Å². The van der Waals surface area contributed by atoms with Gasteiger partial charge in [-0.05, 0) is 12.1 Å². The second-order valence-electron chi connectivity index (χ2n) is 5.47. The molecule has 0 radical (unpaired) electrons. The standard InChI is InChI=1S/C19H20N2O5/c1-23-16-9-13(10-17(24-2)18(16)25-3)21-19(22)20-11-14-8-12-6-4-5-7-15(12)26-14/h4-10H,11H2,1-3H3,(H2,20,21,22). The highest BCUT2D eigenvalue weighted by Crippen LogP contribution is 2.39. The molecule has 0 spiro atoms. The number of carbonyl (C=O) groups is 1. The molecule has 136 valence electrons. The van der Waals surface area contributed by atoms with E-state index in [9.17, 15) is 4.79 Å². The zero-order valence-corrected chi connectivity index (χ0v) is 14.8. The van der Waals surface area contributed by atoms with E-state index in [4.69, 9.17) is 18.6 Å². The summed E-state index contributed by atoms with van der Waals surface area (Å²) in [6, 6.07) is 12.5.